The molecule has 0 amide bonds. The quantitative estimate of drug-likeness (QED) is 0.405. The van der Waals surface area contributed by atoms with Crippen molar-refractivity contribution in [2.75, 3.05) is 11.9 Å². The van der Waals surface area contributed by atoms with Crippen LogP contribution in [-0.2, 0) is 13.0 Å². The highest BCUT2D eigenvalue weighted by Gasteiger charge is 2.11. The summed E-state index contributed by atoms with van der Waals surface area (Å²) in [5.41, 5.74) is 3.87. The van der Waals surface area contributed by atoms with Crippen molar-refractivity contribution in [2.24, 2.45) is 0 Å². The highest BCUT2D eigenvalue weighted by atomic mass is 35.5. The minimum atomic E-state index is 0.137. The maximum atomic E-state index is 9.08. The lowest BCUT2D eigenvalue weighted by Gasteiger charge is -2.10. The van der Waals surface area contributed by atoms with Gasteiger partial charge in [-0.15, -0.1) is 11.3 Å². The highest BCUT2D eigenvalue weighted by molar-refractivity contribution is 7.17. The summed E-state index contributed by atoms with van der Waals surface area (Å²) < 4.78 is 1.01. The Morgan fingerprint density at radius 2 is 1.82 bits per heavy atom. The number of benzene rings is 2. The van der Waals surface area contributed by atoms with Gasteiger partial charge in [-0.2, -0.15) is 0 Å². The molecule has 0 spiro atoms. The number of nitrogens with zero attached hydrogens (tertiary/aromatic N) is 2. The van der Waals surface area contributed by atoms with Gasteiger partial charge in [-0.05, 0) is 41.1 Å². The molecule has 2 aromatic heterocycles. The Bertz CT molecular complexity index is 1110. The highest BCUT2D eigenvalue weighted by Crippen LogP contribution is 2.30. The molecule has 0 saturated carbocycles. The zero-order valence-corrected chi connectivity index (χ0v) is 17.2. The molecule has 2 aromatic carbocycles. The summed E-state index contributed by atoms with van der Waals surface area (Å²) in [6, 6.07) is 15.4. The molecule has 2 heterocycles. The third-order valence-electron chi connectivity index (χ3n) is 4.38. The van der Waals surface area contributed by atoms with E-state index in [0.717, 1.165) is 32.7 Å². The molecule has 0 atom stereocenters. The van der Waals surface area contributed by atoms with E-state index in [1.807, 2.05) is 47.8 Å². The number of aliphatic hydroxyl groups excluding tert-OH is 1. The van der Waals surface area contributed by atoms with Gasteiger partial charge < -0.3 is 10.4 Å². The molecule has 0 aliphatic heterocycles. The molecule has 4 nitrogen and oxygen atoms in total. The maximum Gasteiger partial charge on any atom is 0.162 e. The van der Waals surface area contributed by atoms with E-state index in [9.17, 15) is 0 Å². The summed E-state index contributed by atoms with van der Waals surface area (Å²) in [4.78, 5) is 9.44. The van der Waals surface area contributed by atoms with Crippen LogP contribution in [0, 0.1) is 0 Å². The first-order valence-electron chi connectivity index (χ1n) is 8.77. The van der Waals surface area contributed by atoms with Gasteiger partial charge in [0.05, 0.1) is 10.2 Å². The van der Waals surface area contributed by atoms with Crippen molar-refractivity contribution in [3.63, 3.8) is 0 Å². The molecule has 0 saturated heterocycles. The van der Waals surface area contributed by atoms with E-state index in [1.54, 1.807) is 17.4 Å². The summed E-state index contributed by atoms with van der Waals surface area (Å²) in [5, 5.41) is 15.7. The smallest absolute Gasteiger partial charge is 0.162 e. The zero-order chi connectivity index (χ0) is 19.5. The number of thiophene rings is 1. The van der Waals surface area contributed by atoms with Crippen LogP contribution in [0.15, 0.2) is 53.9 Å². The molecule has 2 N–H and O–H groups in total. The van der Waals surface area contributed by atoms with Crippen LogP contribution in [0.2, 0.25) is 10.0 Å². The minimum Gasteiger partial charge on any atom is -0.396 e. The molecule has 0 unspecified atom stereocenters. The molecular weight excluding hydrogens is 413 g/mol. The Morgan fingerprint density at radius 1 is 1.00 bits per heavy atom. The molecule has 7 heteroatoms. The summed E-state index contributed by atoms with van der Waals surface area (Å²) in [5.74, 6) is 1.44. The van der Waals surface area contributed by atoms with Crippen LogP contribution < -0.4 is 5.32 Å². The van der Waals surface area contributed by atoms with Gasteiger partial charge in [0.25, 0.3) is 0 Å². The summed E-state index contributed by atoms with van der Waals surface area (Å²) in [6.45, 7) is 0.674. The fraction of sp³-hybridized carbons (Fsp3) is 0.143. The molecule has 0 aliphatic rings. The first-order chi connectivity index (χ1) is 13.6. The second-order valence-electron chi connectivity index (χ2n) is 6.29. The van der Waals surface area contributed by atoms with Crippen molar-refractivity contribution in [2.45, 2.75) is 13.0 Å². The molecular formula is C21H17Cl2N3OS. The van der Waals surface area contributed by atoms with E-state index in [2.05, 4.69) is 5.32 Å². The second kappa shape index (κ2) is 8.45. The number of rotatable bonds is 6. The van der Waals surface area contributed by atoms with Crippen LogP contribution in [0.25, 0.3) is 21.6 Å². The van der Waals surface area contributed by atoms with Gasteiger partial charge in [-0.3, -0.25) is 0 Å². The molecule has 4 rings (SSSR count). The molecule has 4 aromatic rings. The maximum absolute atomic E-state index is 9.08. The summed E-state index contributed by atoms with van der Waals surface area (Å²) in [7, 11) is 0. The van der Waals surface area contributed by atoms with Gasteiger partial charge in [-0.25, -0.2) is 9.97 Å². The Hall–Kier alpha value is -2.18. The Morgan fingerprint density at radius 3 is 2.57 bits per heavy atom. The first-order valence-corrected chi connectivity index (χ1v) is 10.4. The second-order valence-corrected chi connectivity index (χ2v) is 8.05. The van der Waals surface area contributed by atoms with Gasteiger partial charge in [-0.1, -0.05) is 53.5 Å². The molecule has 0 radical (unpaired) electrons. The van der Waals surface area contributed by atoms with Gasteiger partial charge in [0.15, 0.2) is 5.82 Å². The first kappa shape index (κ1) is 19.2. The van der Waals surface area contributed by atoms with Crippen LogP contribution in [0.1, 0.15) is 11.1 Å². The predicted molar refractivity (Wildman–Crippen MR) is 117 cm³/mol. The number of aliphatic hydroxyl groups is 1. The molecule has 0 fully saturated rings. The van der Waals surface area contributed by atoms with Crippen molar-refractivity contribution in [1.29, 1.82) is 0 Å². The average molecular weight is 430 g/mol. The fourth-order valence-electron chi connectivity index (χ4n) is 2.91. The third-order valence-corrected chi connectivity index (χ3v) is 5.87. The fourth-order valence-corrected chi connectivity index (χ4v) is 4.18. The monoisotopic (exact) mass is 429 g/mol. The number of anilines is 1. The third kappa shape index (κ3) is 4.13. The lowest BCUT2D eigenvalue weighted by atomic mass is 10.1. The van der Waals surface area contributed by atoms with E-state index >= 15 is 0 Å². The lowest BCUT2D eigenvalue weighted by Crippen LogP contribution is -2.04. The number of nitrogens with one attached hydrogen (secondary N) is 1. The van der Waals surface area contributed by atoms with Gasteiger partial charge in [0.1, 0.15) is 5.82 Å². The Labute approximate surface area is 176 Å². The Kier molecular flexibility index (Phi) is 5.78. The zero-order valence-electron chi connectivity index (χ0n) is 14.8. The lowest BCUT2D eigenvalue weighted by molar-refractivity contribution is 0.299. The predicted octanol–water partition coefficient (Wildman–Crippen LogP) is 5.81. The van der Waals surface area contributed by atoms with Crippen molar-refractivity contribution in [3.05, 3.63) is 75.1 Å². The van der Waals surface area contributed by atoms with Crippen LogP contribution >= 0.6 is 34.5 Å². The van der Waals surface area contributed by atoms with Crippen LogP contribution in [0.5, 0.6) is 0 Å². The largest absolute Gasteiger partial charge is 0.396 e. The topological polar surface area (TPSA) is 58.0 Å². The summed E-state index contributed by atoms with van der Waals surface area (Å²) in [6.07, 6.45) is 0.638. The minimum absolute atomic E-state index is 0.137. The number of aromatic nitrogens is 2. The van der Waals surface area contributed by atoms with Crippen molar-refractivity contribution in [1.82, 2.24) is 9.97 Å². The summed E-state index contributed by atoms with van der Waals surface area (Å²) >= 11 is 13.9. The van der Waals surface area contributed by atoms with Crippen molar-refractivity contribution < 1.29 is 5.11 Å². The van der Waals surface area contributed by atoms with E-state index in [-0.39, 0.29) is 6.61 Å². The number of fused-ring (bicyclic) bond motifs is 1. The Balaban J connectivity index is 1.65. The van der Waals surface area contributed by atoms with E-state index in [1.165, 1.54) is 0 Å². The standard InChI is InChI=1S/C21H17Cl2N3OS/c22-16-6-5-15(17(23)11-16)12-24-21-19-18(8-10-28-19)25-20(26-21)14-3-1-13(2-4-14)7-9-27/h1-6,8,10-11,27H,7,9,12H2,(H,24,25,26). The van der Waals surface area contributed by atoms with Crippen LogP contribution in [0.4, 0.5) is 5.82 Å². The van der Waals surface area contributed by atoms with E-state index < -0.39 is 0 Å². The van der Waals surface area contributed by atoms with E-state index in [4.69, 9.17) is 38.3 Å². The van der Waals surface area contributed by atoms with Gasteiger partial charge >= 0.3 is 0 Å². The van der Waals surface area contributed by atoms with Crippen LogP contribution in [0.3, 0.4) is 0 Å². The molecule has 0 bridgehead atoms. The van der Waals surface area contributed by atoms with Crippen molar-refractivity contribution in [3.8, 4) is 11.4 Å². The SMILES string of the molecule is OCCc1ccc(-c2nc(NCc3ccc(Cl)cc3Cl)c3sccc3n2)cc1. The molecule has 0 aliphatic carbocycles. The normalized spacial score (nSPS) is 11.1. The van der Waals surface area contributed by atoms with E-state index in [0.29, 0.717) is 28.8 Å². The van der Waals surface area contributed by atoms with Gasteiger partial charge in [0.2, 0.25) is 0 Å². The molecule has 28 heavy (non-hydrogen) atoms. The average Bonchev–Trinajstić information content (AvgIpc) is 3.17. The number of hydrogen-bond acceptors (Lipinski definition) is 5. The van der Waals surface area contributed by atoms with Gasteiger partial charge in [0, 0.05) is 28.8 Å². The van der Waals surface area contributed by atoms with Crippen molar-refractivity contribution >= 4 is 50.6 Å². The van der Waals surface area contributed by atoms with Crippen LogP contribution in [-0.4, -0.2) is 21.7 Å². The molecule has 142 valence electrons. The number of hydrogen-bond donors (Lipinski definition) is 2. The number of halogens is 2.